The van der Waals surface area contributed by atoms with E-state index in [-0.39, 0.29) is 0 Å². The lowest BCUT2D eigenvalue weighted by Gasteiger charge is -2.13. The van der Waals surface area contributed by atoms with E-state index < -0.39 is 0 Å². The van der Waals surface area contributed by atoms with Crippen molar-refractivity contribution in [2.45, 2.75) is 39.0 Å². The summed E-state index contributed by atoms with van der Waals surface area (Å²) >= 11 is 0. The molecule has 10 heavy (non-hydrogen) atoms. The average Bonchev–Trinajstić information content (AvgIpc) is 2.47. The lowest BCUT2D eigenvalue weighted by atomic mass is 9.92. The van der Waals surface area contributed by atoms with Gasteiger partial charge >= 0.3 is 0 Å². The van der Waals surface area contributed by atoms with Gasteiger partial charge < -0.3 is 0 Å². The van der Waals surface area contributed by atoms with Crippen molar-refractivity contribution in [3.8, 4) is 0 Å². The van der Waals surface area contributed by atoms with Crippen molar-refractivity contribution < 1.29 is 0 Å². The van der Waals surface area contributed by atoms with Gasteiger partial charge in [-0.05, 0) is 43.4 Å². The first-order chi connectivity index (χ1) is 4.79. The third-order valence-corrected chi connectivity index (χ3v) is 2.99. The molecule has 0 aromatic rings. The lowest BCUT2D eigenvalue weighted by Crippen LogP contribution is -2.02. The maximum atomic E-state index is 2.44. The molecule has 0 atom stereocenters. The smallest absolute Gasteiger partial charge is 0.0319 e. The van der Waals surface area contributed by atoms with Crippen LogP contribution in [0.2, 0.25) is 0 Å². The van der Waals surface area contributed by atoms with Gasteiger partial charge in [-0.1, -0.05) is 19.1 Å². The molecule has 0 aromatic carbocycles. The van der Waals surface area contributed by atoms with Gasteiger partial charge in [-0.3, -0.25) is 0 Å². The van der Waals surface area contributed by atoms with Gasteiger partial charge in [0.1, 0.15) is 0 Å². The molecule has 0 heterocycles. The van der Waals surface area contributed by atoms with Crippen LogP contribution in [-0.4, -0.2) is 0 Å². The zero-order valence-corrected chi connectivity index (χ0v) is 6.77. The van der Waals surface area contributed by atoms with Gasteiger partial charge in [0, 0.05) is 0 Å². The highest BCUT2D eigenvalue weighted by atomic mass is 14.4. The first-order valence-electron chi connectivity index (χ1n) is 4.44. The van der Waals surface area contributed by atoms with Gasteiger partial charge in [-0.2, -0.15) is 0 Å². The van der Waals surface area contributed by atoms with Crippen LogP contribution < -0.4 is 0 Å². The second-order valence-corrected chi connectivity index (χ2v) is 4.32. The molecule has 56 valence electrons. The Labute approximate surface area is 63.3 Å². The summed E-state index contributed by atoms with van der Waals surface area (Å²) in [6, 6.07) is 0. The molecule has 0 heteroatoms. The summed E-state index contributed by atoms with van der Waals surface area (Å²) in [5.74, 6) is 1.01. The molecule has 0 bridgehead atoms. The van der Waals surface area contributed by atoms with E-state index in [4.69, 9.17) is 0 Å². The van der Waals surface area contributed by atoms with Crippen LogP contribution in [-0.2, 0) is 0 Å². The van der Waals surface area contributed by atoms with Crippen molar-refractivity contribution >= 4 is 0 Å². The van der Waals surface area contributed by atoms with Crippen molar-refractivity contribution in [1.29, 1.82) is 0 Å². The SMILES string of the molecule is CC1(CC2CC=CC2)CC1. The molecule has 0 amide bonds. The average molecular weight is 136 g/mol. The highest BCUT2D eigenvalue weighted by molar-refractivity contribution is 4.99. The van der Waals surface area contributed by atoms with E-state index in [0.29, 0.717) is 0 Å². The number of rotatable bonds is 2. The van der Waals surface area contributed by atoms with Crippen LogP contribution in [0.1, 0.15) is 39.0 Å². The van der Waals surface area contributed by atoms with E-state index in [2.05, 4.69) is 19.1 Å². The van der Waals surface area contributed by atoms with Crippen molar-refractivity contribution in [2.75, 3.05) is 0 Å². The zero-order valence-electron chi connectivity index (χ0n) is 6.77. The molecule has 0 saturated heterocycles. The van der Waals surface area contributed by atoms with E-state index >= 15 is 0 Å². The lowest BCUT2D eigenvalue weighted by molar-refractivity contribution is 0.390. The molecule has 0 radical (unpaired) electrons. The van der Waals surface area contributed by atoms with Crippen molar-refractivity contribution in [3.05, 3.63) is 12.2 Å². The Hall–Kier alpha value is -0.260. The van der Waals surface area contributed by atoms with Crippen LogP contribution in [0.15, 0.2) is 12.2 Å². The Bertz CT molecular complexity index is 143. The molecule has 0 nitrogen and oxygen atoms in total. The summed E-state index contributed by atoms with van der Waals surface area (Å²) in [7, 11) is 0. The summed E-state index contributed by atoms with van der Waals surface area (Å²) in [5, 5.41) is 0. The van der Waals surface area contributed by atoms with Gasteiger partial charge in [0.15, 0.2) is 0 Å². The minimum absolute atomic E-state index is 0.774. The standard InChI is InChI=1S/C10H16/c1-10(6-7-10)8-9-4-2-3-5-9/h2-3,9H,4-8H2,1H3. The van der Waals surface area contributed by atoms with Crippen LogP contribution in [0, 0.1) is 11.3 Å². The van der Waals surface area contributed by atoms with E-state index in [1.54, 1.807) is 0 Å². The minimum atomic E-state index is 0.774. The summed E-state index contributed by atoms with van der Waals surface area (Å²) in [6.07, 6.45) is 11.9. The third kappa shape index (κ3) is 1.25. The minimum Gasteiger partial charge on any atom is -0.0882 e. The molecule has 2 rings (SSSR count). The normalized spacial score (nSPS) is 29.3. The van der Waals surface area contributed by atoms with E-state index in [9.17, 15) is 0 Å². The first kappa shape index (κ1) is 6.45. The monoisotopic (exact) mass is 136 g/mol. The van der Waals surface area contributed by atoms with Gasteiger partial charge in [0.05, 0.1) is 0 Å². The number of hydrogen-bond acceptors (Lipinski definition) is 0. The Morgan fingerprint density at radius 1 is 1.30 bits per heavy atom. The predicted octanol–water partition coefficient (Wildman–Crippen LogP) is 3.14. The second-order valence-electron chi connectivity index (χ2n) is 4.32. The third-order valence-electron chi connectivity index (χ3n) is 2.99. The molecule has 2 aliphatic carbocycles. The molecule has 0 unspecified atom stereocenters. The summed E-state index contributed by atoms with van der Waals surface area (Å²) in [6.45, 7) is 2.44. The fraction of sp³-hybridized carbons (Fsp3) is 0.800. The molecule has 0 spiro atoms. The maximum Gasteiger partial charge on any atom is -0.0319 e. The molecule has 0 N–H and O–H groups in total. The zero-order chi connectivity index (χ0) is 7.03. The molecule has 0 aliphatic heterocycles. The van der Waals surface area contributed by atoms with E-state index in [1.807, 2.05) is 0 Å². The second kappa shape index (κ2) is 2.11. The summed E-state index contributed by atoms with van der Waals surface area (Å²) in [4.78, 5) is 0. The molecule has 0 aromatic heterocycles. The van der Waals surface area contributed by atoms with Gasteiger partial charge in [0.2, 0.25) is 0 Å². The largest absolute Gasteiger partial charge is 0.0882 e. The molecule has 1 saturated carbocycles. The number of allylic oxidation sites excluding steroid dienone is 2. The van der Waals surface area contributed by atoms with E-state index in [0.717, 1.165) is 11.3 Å². The van der Waals surface area contributed by atoms with Crippen LogP contribution in [0.3, 0.4) is 0 Å². The Kier molecular flexibility index (Phi) is 1.36. The van der Waals surface area contributed by atoms with Gasteiger partial charge in [0.25, 0.3) is 0 Å². The van der Waals surface area contributed by atoms with Crippen LogP contribution >= 0.6 is 0 Å². The summed E-state index contributed by atoms with van der Waals surface area (Å²) < 4.78 is 0. The Morgan fingerprint density at radius 3 is 2.40 bits per heavy atom. The van der Waals surface area contributed by atoms with Crippen molar-refractivity contribution in [3.63, 3.8) is 0 Å². The maximum absolute atomic E-state index is 2.44. The quantitative estimate of drug-likeness (QED) is 0.511. The molecule has 1 fully saturated rings. The molecule has 2 aliphatic rings. The highest BCUT2D eigenvalue weighted by Crippen LogP contribution is 2.51. The van der Waals surface area contributed by atoms with Crippen LogP contribution in [0.25, 0.3) is 0 Å². The van der Waals surface area contributed by atoms with E-state index in [1.165, 1.54) is 32.1 Å². The van der Waals surface area contributed by atoms with Gasteiger partial charge in [-0.15, -0.1) is 0 Å². The van der Waals surface area contributed by atoms with Crippen molar-refractivity contribution in [1.82, 2.24) is 0 Å². The van der Waals surface area contributed by atoms with Gasteiger partial charge in [-0.25, -0.2) is 0 Å². The predicted molar refractivity (Wildman–Crippen MR) is 43.8 cm³/mol. The van der Waals surface area contributed by atoms with Crippen LogP contribution in [0.4, 0.5) is 0 Å². The highest BCUT2D eigenvalue weighted by Gasteiger charge is 2.38. The topological polar surface area (TPSA) is 0 Å². The fourth-order valence-electron chi connectivity index (χ4n) is 1.95. The Balaban J connectivity index is 1.80. The summed E-state index contributed by atoms with van der Waals surface area (Å²) in [5.41, 5.74) is 0.774. The van der Waals surface area contributed by atoms with Crippen LogP contribution in [0.5, 0.6) is 0 Å². The molecular weight excluding hydrogens is 120 g/mol. The Morgan fingerprint density at radius 2 is 1.90 bits per heavy atom. The van der Waals surface area contributed by atoms with Crippen molar-refractivity contribution in [2.24, 2.45) is 11.3 Å². The fourth-order valence-corrected chi connectivity index (χ4v) is 1.95. The molecular formula is C10H16. The number of hydrogen-bond donors (Lipinski definition) is 0. The first-order valence-corrected chi connectivity index (χ1v) is 4.44.